The molecule has 37 heavy (non-hydrogen) atoms. The smallest absolute Gasteiger partial charge is 0.271 e. The molecule has 1 amide bonds. The SMILES string of the molecule is O=C(CC1=C(n2nc(-c3c(-c4ccccc4)nn4ccccc34)ccc2=O)CCCC1)N1CCOCC1. The number of hydrogen-bond acceptors (Lipinski definition) is 5. The minimum absolute atomic E-state index is 0.0934. The van der Waals surface area contributed by atoms with Crippen LogP contribution in [0.1, 0.15) is 32.1 Å². The van der Waals surface area contributed by atoms with Gasteiger partial charge in [0.2, 0.25) is 5.91 Å². The van der Waals surface area contributed by atoms with E-state index in [1.165, 1.54) is 4.68 Å². The molecule has 1 saturated heterocycles. The molecular formula is C29H29N5O3. The highest BCUT2D eigenvalue weighted by molar-refractivity contribution is 5.90. The van der Waals surface area contributed by atoms with E-state index in [1.807, 2.05) is 64.1 Å². The second-order valence-corrected chi connectivity index (χ2v) is 9.52. The second kappa shape index (κ2) is 10.1. The molecule has 0 N–H and O–H groups in total. The van der Waals surface area contributed by atoms with Crippen LogP contribution in [0.15, 0.2) is 77.2 Å². The maximum Gasteiger partial charge on any atom is 0.271 e. The molecule has 8 nitrogen and oxygen atoms in total. The van der Waals surface area contributed by atoms with E-state index in [0.717, 1.165) is 59.3 Å². The van der Waals surface area contributed by atoms with Crippen LogP contribution >= 0.6 is 0 Å². The molecule has 4 aromatic rings. The van der Waals surface area contributed by atoms with Crippen molar-refractivity contribution in [2.75, 3.05) is 26.3 Å². The van der Waals surface area contributed by atoms with Gasteiger partial charge in [-0.15, -0.1) is 0 Å². The van der Waals surface area contributed by atoms with Crippen LogP contribution in [-0.4, -0.2) is 56.5 Å². The quantitative estimate of drug-likeness (QED) is 0.413. The molecule has 0 bridgehead atoms. The molecular weight excluding hydrogens is 466 g/mol. The van der Waals surface area contributed by atoms with Crippen LogP contribution in [0.2, 0.25) is 0 Å². The lowest BCUT2D eigenvalue weighted by Gasteiger charge is -2.28. The largest absolute Gasteiger partial charge is 0.378 e. The van der Waals surface area contributed by atoms with Gasteiger partial charge in [-0.1, -0.05) is 36.4 Å². The van der Waals surface area contributed by atoms with Gasteiger partial charge >= 0.3 is 0 Å². The topological polar surface area (TPSA) is 81.7 Å². The number of rotatable bonds is 5. The average molecular weight is 496 g/mol. The summed E-state index contributed by atoms with van der Waals surface area (Å²) >= 11 is 0. The van der Waals surface area contributed by atoms with Gasteiger partial charge in [0.05, 0.1) is 30.0 Å². The van der Waals surface area contributed by atoms with Crippen molar-refractivity contribution < 1.29 is 9.53 Å². The zero-order chi connectivity index (χ0) is 25.2. The van der Waals surface area contributed by atoms with E-state index in [4.69, 9.17) is 14.9 Å². The van der Waals surface area contributed by atoms with Gasteiger partial charge in [0, 0.05) is 43.0 Å². The third kappa shape index (κ3) is 4.60. The van der Waals surface area contributed by atoms with E-state index >= 15 is 0 Å². The fourth-order valence-corrected chi connectivity index (χ4v) is 5.29. The zero-order valence-electron chi connectivity index (χ0n) is 20.7. The molecule has 1 aliphatic carbocycles. The summed E-state index contributed by atoms with van der Waals surface area (Å²) < 4.78 is 8.77. The monoisotopic (exact) mass is 495 g/mol. The fourth-order valence-electron chi connectivity index (χ4n) is 5.29. The van der Waals surface area contributed by atoms with Gasteiger partial charge in [0.15, 0.2) is 0 Å². The maximum absolute atomic E-state index is 13.1. The van der Waals surface area contributed by atoms with Crippen LogP contribution in [-0.2, 0) is 9.53 Å². The van der Waals surface area contributed by atoms with E-state index in [9.17, 15) is 9.59 Å². The first-order valence-corrected chi connectivity index (χ1v) is 12.9. The minimum Gasteiger partial charge on any atom is -0.378 e. The number of morpholine rings is 1. The summed E-state index contributed by atoms with van der Waals surface area (Å²) in [5.41, 5.74) is 5.95. The third-order valence-corrected chi connectivity index (χ3v) is 7.18. The molecule has 2 aliphatic rings. The number of amides is 1. The highest BCUT2D eigenvalue weighted by Crippen LogP contribution is 2.35. The predicted molar refractivity (Wildman–Crippen MR) is 142 cm³/mol. The Balaban J connectivity index is 1.45. The van der Waals surface area contributed by atoms with Crippen molar-refractivity contribution >= 4 is 17.1 Å². The molecule has 1 aliphatic heterocycles. The van der Waals surface area contributed by atoms with Gasteiger partial charge in [-0.05, 0) is 49.5 Å². The van der Waals surface area contributed by atoms with Crippen molar-refractivity contribution in [3.63, 3.8) is 0 Å². The molecule has 0 radical (unpaired) electrons. The summed E-state index contributed by atoms with van der Waals surface area (Å²) in [5, 5.41) is 9.74. The van der Waals surface area contributed by atoms with Crippen LogP contribution in [0.25, 0.3) is 33.7 Å². The van der Waals surface area contributed by atoms with Crippen LogP contribution in [0.5, 0.6) is 0 Å². The number of carbonyl (C=O) groups excluding carboxylic acids is 1. The van der Waals surface area contributed by atoms with Gasteiger partial charge in [0.1, 0.15) is 5.69 Å². The first-order chi connectivity index (χ1) is 18.2. The van der Waals surface area contributed by atoms with Crippen molar-refractivity contribution in [2.24, 2.45) is 0 Å². The normalized spacial score (nSPS) is 16.4. The number of allylic oxidation sites excluding steroid dienone is 1. The van der Waals surface area contributed by atoms with Crippen LogP contribution < -0.4 is 5.56 Å². The molecule has 1 fully saturated rings. The van der Waals surface area contributed by atoms with E-state index in [1.54, 1.807) is 12.1 Å². The average Bonchev–Trinajstić information content (AvgIpc) is 3.34. The van der Waals surface area contributed by atoms with E-state index in [2.05, 4.69) is 0 Å². The lowest BCUT2D eigenvalue weighted by atomic mass is 9.93. The van der Waals surface area contributed by atoms with Crippen molar-refractivity contribution in [1.82, 2.24) is 24.3 Å². The number of ether oxygens (including phenoxy) is 1. The summed E-state index contributed by atoms with van der Waals surface area (Å²) in [6.07, 6.45) is 5.74. The van der Waals surface area contributed by atoms with Gasteiger partial charge in [-0.2, -0.15) is 10.2 Å². The maximum atomic E-state index is 13.1. The highest BCUT2D eigenvalue weighted by Gasteiger charge is 2.24. The van der Waals surface area contributed by atoms with Crippen molar-refractivity contribution in [1.29, 1.82) is 0 Å². The van der Waals surface area contributed by atoms with Crippen LogP contribution in [0.3, 0.4) is 0 Å². The molecule has 0 saturated carbocycles. The summed E-state index contributed by atoms with van der Waals surface area (Å²) in [7, 11) is 0. The number of nitrogens with zero attached hydrogens (tertiary/aromatic N) is 5. The van der Waals surface area contributed by atoms with Crippen LogP contribution in [0, 0.1) is 0 Å². The second-order valence-electron chi connectivity index (χ2n) is 9.52. The third-order valence-electron chi connectivity index (χ3n) is 7.18. The number of fused-ring (bicyclic) bond motifs is 1. The highest BCUT2D eigenvalue weighted by atomic mass is 16.5. The predicted octanol–water partition coefficient (Wildman–Crippen LogP) is 4.26. The van der Waals surface area contributed by atoms with Gasteiger partial charge in [0.25, 0.3) is 5.56 Å². The summed E-state index contributed by atoms with van der Waals surface area (Å²) in [6.45, 7) is 2.38. The lowest BCUT2D eigenvalue weighted by Crippen LogP contribution is -2.41. The molecule has 188 valence electrons. The first kappa shape index (κ1) is 23.4. The number of carbonyl (C=O) groups is 1. The Morgan fingerprint density at radius 1 is 0.892 bits per heavy atom. The molecule has 8 heteroatoms. The van der Waals surface area contributed by atoms with Gasteiger partial charge in [-0.3, -0.25) is 9.59 Å². The Hall–Kier alpha value is -4.04. The van der Waals surface area contributed by atoms with Gasteiger partial charge in [-0.25, -0.2) is 9.20 Å². The molecule has 1 aromatic carbocycles. The van der Waals surface area contributed by atoms with Crippen molar-refractivity contribution in [3.05, 3.63) is 82.8 Å². The van der Waals surface area contributed by atoms with E-state index < -0.39 is 0 Å². The Labute approximate surface area is 214 Å². The standard InChI is InChI=1S/C29H29N5O3/c35-26-14-13-23(28-25-12-6-7-15-33(25)31-29(28)21-8-2-1-3-9-21)30-34(26)24-11-5-4-10-22(24)20-27(36)32-16-18-37-19-17-32/h1-3,6-9,12-15H,4-5,10-11,16-20H2. The fraction of sp³-hybridized carbons (Fsp3) is 0.310. The number of benzene rings is 1. The van der Waals surface area contributed by atoms with E-state index in [0.29, 0.717) is 38.4 Å². The van der Waals surface area contributed by atoms with Crippen molar-refractivity contribution in [2.45, 2.75) is 32.1 Å². The number of hydrogen-bond donors (Lipinski definition) is 0. The lowest BCUT2D eigenvalue weighted by molar-refractivity contribution is -0.134. The van der Waals surface area contributed by atoms with Gasteiger partial charge < -0.3 is 9.64 Å². The zero-order valence-corrected chi connectivity index (χ0v) is 20.7. The molecule has 0 unspecified atom stereocenters. The number of pyridine rings is 1. The molecule has 3 aromatic heterocycles. The van der Waals surface area contributed by atoms with Crippen LogP contribution in [0.4, 0.5) is 0 Å². The Bertz CT molecular complexity index is 1530. The Kier molecular flexibility index (Phi) is 6.40. The molecule has 4 heterocycles. The first-order valence-electron chi connectivity index (χ1n) is 12.9. The molecule has 6 rings (SSSR count). The van der Waals surface area contributed by atoms with Crippen molar-refractivity contribution in [3.8, 4) is 22.5 Å². The summed E-state index contributed by atoms with van der Waals surface area (Å²) in [6, 6.07) is 19.3. The minimum atomic E-state index is -0.185. The summed E-state index contributed by atoms with van der Waals surface area (Å²) in [5.74, 6) is 0.0934. The van der Waals surface area contributed by atoms with E-state index in [-0.39, 0.29) is 11.5 Å². The molecule has 0 spiro atoms. The Morgan fingerprint density at radius 3 is 2.51 bits per heavy atom. The Morgan fingerprint density at radius 2 is 1.68 bits per heavy atom. The number of aromatic nitrogens is 4. The molecule has 0 atom stereocenters. The summed E-state index contributed by atoms with van der Waals surface area (Å²) in [4.78, 5) is 28.0.